The number of methoxy groups -OCH3 is 2. The van der Waals surface area contributed by atoms with Crippen LogP contribution in [0.25, 0.3) is 0 Å². The fraction of sp³-hybridized carbons (Fsp3) is 0.278. The van der Waals surface area contributed by atoms with Crippen LogP contribution in [0.15, 0.2) is 49.2 Å². The second kappa shape index (κ2) is 7.54. The van der Waals surface area contributed by atoms with Gasteiger partial charge < -0.3 is 18.9 Å². The molecule has 0 fully saturated rings. The van der Waals surface area contributed by atoms with Gasteiger partial charge in [-0.05, 0) is 24.3 Å². The van der Waals surface area contributed by atoms with E-state index < -0.39 is 0 Å². The highest BCUT2D eigenvalue weighted by Crippen LogP contribution is 2.30. The summed E-state index contributed by atoms with van der Waals surface area (Å²) < 4.78 is 12.7. The van der Waals surface area contributed by atoms with E-state index in [-0.39, 0.29) is 5.91 Å². The number of nitrogens with zero attached hydrogens (tertiary/aromatic N) is 2. The summed E-state index contributed by atoms with van der Waals surface area (Å²) in [6, 6.07) is 9.25. The molecule has 0 unspecified atom stereocenters. The molecule has 0 saturated heterocycles. The van der Waals surface area contributed by atoms with Crippen molar-refractivity contribution in [3.63, 3.8) is 0 Å². The van der Waals surface area contributed by atoms with Crippen LogP contribution in [-0.4, -0.2) is 36.1 Å². The van der Waals surface area contributed by atoms with Crippen molar-refractivity contribution in [2.75, 3.05) is 20.8 Å². The van der Waals surface area contributed by atoms with Gasteiger partial charge in [0.25, 0.3) is 5.91 Å². The van der Waals surface area contributed by atoms with Crippen LogP contribution in [0, 0.1) is 0 Å². The highest BCUT2D eigenvalue weighted by molar-refractivity contribution is 5.99. The molecule has 23 heavy (non-hydrogen) atoms. The minimum Gasteiger partial charge on any atom is -0.496 e. The molecule has 1 heterocycles. The average Bonchev–Trinajstić information content (AvgIpc) is 2.97. The van der Waals surface area contributed by atoms with Gasteiger partial charge in [-0.2, -0.15) is 0 Å². The molecular weight excluding hydrogens is 292 g/mol. The van der Waals surface area contributed by atoms with Crippen LogP contribution < -0.4 is 9.47 Å². The first kappa shape index (κ1) is 16.7. The van der Waals surface area contributed by atoms with E-state index in [1.807, 2.05) is 29.9 Å². The van der Waals surface area contributed by atoms with Gasteiger partial charge in [-0.15, -0.1) is 6.58 Å². The molecule has 0 bridgehead atoms. The van der Waals surface area contributed by atoms with Crippen LogP contribution in [-0.2, 0) is 13.6 Å². The number of hydrogen-bond acceptors (Lipinski definition) is 3. The fourth-order valence-electron chi connectivity index (χ4n) is 2.45. The largest absolute Gasteiger partial charge is 0.496 e. The number of rotatable bonds is 7. The molecule has 2 aromatic rings. The molecule has 1 aromatic carbocycles. The van der Waals surface area contributed by atoms with Gasteiger partial charge in [0.2, 0.25) is 0 Å². The Morgan fingerprint density at radius 3 is 2.35 bits per heavy atom. The summed E-state index contributed by atoms with van der Waals surface area (Å²) in [5.41, 5.74) is 1.46. The first-order valence-corrected chi connectivity index (χ1v) is 7.33. The Hall–Kier alpha value is -2.69. The monoisotopic (exact) mass is 314 g/mol. The lowest BCUT2D eigenvalue weighted by Crippen LogP contribution is -2.32. The van der Waals surface area contributed by atoms with E-state index in [1.54, 1.807) is 43.4 Å². The van der Waals surface area contributed by atoms with Gasteiger partial charge in [0, 0.05) is 25.5 Å². The summed E-state index contributed by atoms with van der Waals surface area (Å²) >= 11 is 0. The Morgan fingerprint density at radius 1 is 1.22 bits per heavy atom. The van der Waals surface area contributed by atoms with Crippen molar-refractivity contribution in [2.24, 2.45) is 7.05 Å². The summed E-state index contributed by atoms with van der Waals surface area (Å²) in [4.78, 5) is 14.8. The Labute approximate surface area is 136 Å². The number of amides is 1. The maximum atomic E-state index is 13.0. The Kier molecular flexibility index (Phi) is 5.46. The zero-order chi connectivity index (χ0) is 16.8. The molecule has 0 spiro atoms. The van der Waals surface area contributed by atoms with Gasteiger partial charge >= 0.3 is 0 Å². The standard InChI is InChI=1S/C18H22N2O3/c1-5-11-20(13-14-8-7-12-19(14)2)18(21)17-15(22-3)9-6-10-16(17)23-4/h5-10,12H,1,11,13H2,2-4H3. The second-order valence-corrected chi connectivity index (χ2v) is 5.12. The van der Waals surface area contributed by atoms with Crippen molar-refractivity contribution in [2.45, 2.75) is 6.54 Å². The molecular formula is C18H22N2O3. The Bertz CT molecular complexity index is 669. The van der Waals surface area contributed by atoms with E-state index in [1.165, 1.54) is 0 Å². The molecule has 0 aliphatic rings. The van der Waals surface area contributed by atoms with Crippen LogP contribution in [0.2, 0.25) is 0 Å². The van der Waals surface area contributed by atoms with Crippen molar-refractivity contribution in [3.05, 3.63) is 60.4 Å². The van der Waals surface area contributed by atoms with E-state index in [4.69, 9.17) is 9.47 Å². The molecule has 2 rings (SSSR count). The molecule has 0 atom stereocenters. The van der Waals surface area contributed by atoms with Crippen LogP contribution in [0.1, 0.15) is 16.1 Å². The summed E-state index contributed by atoms with van der Waals surface area (Å²) in [5.74, 6) is 0.839. The van der Waals surface area contributed by atoms with Crippen LogP contribution in [0.5, 0.6) is 11.5 Å². The highest BCUT2D eigenvalue weighted by atomic mass is 16.5. The molecule has 5 nitrogen and oxygen atoms in total. The average molecular weight is 314 g/mol. The highest BCUT2D eigenvalue weighted by Gasteiger charge is 2.23. The van der Waals surface area contributed by atoms with Gasteiger partial charge in [0.15, 0.2) is 0 Å². The van der Waals surface area contributed by atoms with Crippen LogP contribution in [0.4, 0.5) is 0 Å². The Balaban J connectivity index is 2.38. The molecule has 0 N–H and O–H groups in total. The van der Waals surface area contributed by atoms with Crippen molar-refractivity contribution in [1.29, 1.82) is 0 Å². The van der Waals surface area contributed by atoms with E-state index in [2.05, 4.69) is 6.58 Å². The van der Waals surface area contributed by atoms with Gasteiger partial charge in [-0.3, -0.25) is 4.79 Å². The predicted octanol–water partition coefficient (Wildman–Crippen LogP) is 2.87. The van der Waals surface area contributed by atoms with Crippen molar-refractivity contribution < 1.29 is 14.3 Å². The molecule has 1 amide bonds. The predicted molar refractivity (Wildman–Crippen MR) is 89.9 cm³/mol. The third kappa shape index (κ3) is 3.56. The number of benzene rings is 1. The zero-order valence-electron chi connectivity index (χ0n) is 13.8. The minimum atomic E-state index is -0.152. The summed E-state index contributed by atoms with van der Waals surface area (Å²) in [6.07, 6.45) is 3.66. The van der Waals surface area contributed by atoms with E-state index in [0.29, 0.717) is 30.2 Å². The molecule has 0 radical (unpaired) electrons. The number of aromatic nitrogens is 1. The molecule has 122 valence electrons. The lowest BCUT2D eigenvalue weighted by atomic mass is 10.1. The maximum absolute atomic E-state index is 13.0. The molecule has 0 aliphatic heterocycles. The second-order valence-electron chi connectivity index (χ2n) is 5.12. The van der Waals surface area contributed by atoms with Crippen molar-refractivity contribution in [1.82, 2.24) is 9.47 Å². The lowest BCUT2D eigenvalue weighted by molar-refractivity contribution is 0.0752. The summed E-state index contributed by atoms with van der Waals surface area (Å²) in [7, 11) is 5.04. The van der Waals surface area contributed by atoms with Crippen LogP contribution >= 0.6 is 0 Å². The SMILES string of the molecule is C=CCN(Cc1cccn1C)C(=O)c1c(OC)cccc1OC. The summed E-state index contributed by atoms with van der Waals surface area (Å²) in [5, 5.41) is 0. The zero-order valence-corrected chi connectivity index (χ0v) is 13.8. The number of carbonyl (C=O) groups is 1. The first-order chi connectivity index (χ1) is 11.1. The number of carbonyl (C=O) groups excluding carboxylic acids is 1. The maximum Gasteiger partial charge on any atom is 0.262 e. The third-order valence-electron chi connectivity index (χ3n) is 3.68. The topological polar surface area (TPSA) is 43.7 Å². The molecule has 1 aromatic heterocycles. The van der Waals surface area contributed by atoms with Gasteiger partial charge in [-0.1, -0.05) is 12.1 Å². The van der Waals surface area contributed by atoms with Gasteiger partial charge in [-0.25, -0.2) is 0 Å². The lowest BCUT2D eigenvalue weighted by Gasteiger charge is -2.23. The third-order valence-corrected chi connectivity index (χ3v) is 3.68. The number of hydrogen-bond donors (Lipinski definition) is 0. The minimum absolute atomic E-state index is 0.152. The summed E-state index contributed by atoms with van der Waals surface area (Å²) in [6.45, 7) is 4.67. The number of aryl methyl sites for hydroxylation is 1. The molecule has 0 saturated carbocycles. The van der Waals surface area contributed by atoms with Gasteiger partial charge in [0.05, 0.1) is 20.8 Å². The van der Waals surface area contributed by atoms with Crippen molar-refractivity contribution in [3.8, 4) is 11.5 Å². The van der Waals surface area contributed by atoms with Gasteiger partial charge in [0.1, 0.15) is 17.1 Å². The number of ether oxygens (including phenoxy) is 2. The first-order valence-electron chi connectivity index (χ1n) is 7.33. The molecule has 0 aliphatic carbocycles. The van der Waals surface area contributed by atoms with E-state index in [9.17, 15) is 4.79 Å². The van der Waals surface area contributed by atoms with E-state index in [0.717, 1.165) is 5.69 Å². The Morgan fingerprint density at radius 2 is 1.87 bits per heavy atom. The quantitative estimate of drug-likeness (QED) is 0.738. The fourth-order valence-corrected chi connectivity index (χ4v) is 2.45. The molecule has 5 heteroatoms. The normalized spacial score (nSPS) is 10.2. The van der Waals surface area contributed by atoms with Crippen molar-refractivity contribution >= 4 is 5.91 Å². The van der Waals surface area contributed by atoms with E-state index >= 15 is 0 Å². The smallest absolute Gasteiger partial charge is 0.262 e. The van der Waals surface area contributed by atoms with Crippen LogP contribution in [0.3, 0.4) is 0 Å².